The van der Waals surface area contributed by atoms with E-state index in [1.807, 2.05) is 0 Å². The first-order chi connectivity index (χ1) is 11.8. The van der Waals surface area contributed by atoms with E-state index in [9.17, 15) is 22.8 Å². The van der Waals surface area contributed by atoms with Gasteiger partial charge in [0.25, 0.3) is 5.91 Å². The number of aromatic amines is 1. The van der Waals surface area contributed by atoms with Gasteiger partial charge in [0.2, 0.25) is 0 Å². The Bertz CT molecular complexity index is 975. The molecule has 0 radical (unpaired) electrons. The molecular weight excluding hydrogens is 341 g/mol. The number of halogens is 3. The van der Waals surface area contributed by atoms with Gasteiger partial charge in [-0.15, -0.1) is 0 Å². The molecule has 1 aromatic heterocycles. The van der Waals surface area contributed by atoms with E-state index in [2.05, 4.69) is 10.3 Å². The largest absolute Gasteiger partial charge is 0.484 e. The number of H-pyrrole nitrogens is 1. The van der Waals surface area contributed by atoms with Gasteiger partial charge in [0, 0.05) is 5.69 Å². The van der Waals surface area contributed by atoms with Gasteiger partial charge in [-0.25, -0.2) is 4.79 Å². The second-order valence-corrected chi connectivity index (χ2v) is 5.09. The Morgan fingerprint density at radius 3 is 2.76 bits per heavy atom. The maximum absolute atomic E-state index is 12.6. The summed E-state index contributed by atoms with van der Waals surface area (Å²) >= 11 is 0. The third-order valence-electron chi connectivity index (χ3n) is 3.23. The summed E-state index contributed by atoms with van der Waals surface area (Å²) in [6.45, 7) is -0.471. The first-order valence-corrected chi connectivity index (χ1v) is 7.04. The summed E-state index contributed by atoms with van der Waals surface area (Å²) in [5.41, 5.74) is 0.256. The Hall–Kier alpha value is -3.23. The van der Waals surface area contributed by atoms with Crippen LogP contribution in [-0.4, -0.2) is 17.5 Å². The van der Waals surface area contributed by atoms with Gasteiger partial charge in [0.1, 0.15) is 5.75 Å². The van der Waals surface area contributed by atoms with Crippen molar-refractivity contribution in [1.29, 1.82) is 0 Å². The number of anilines is 1. The van der Waals surface area contributed by atoms with Crippen molar-refractivity contribution in [3.8, 4) is 5.75 Å². The molecule has 9 heteroatoms. The number of alkyl halides is 3. The number of hydrogen-bond donors (Lipinski definition) is 2. The Kier molecular flexibility index (Phi) is 4.22. The molecule has 3 aromatic rings. The molecule has 6 nitrogen and oxygen atoms in total. The van der Waals surface area contributed by atoms with Crippen LogP contribution in [0.3, 0.4) is 0 Å². The van der Waals surface area contributed by atoms with Gasteiger partial charge >= 0.3 is 11.9 Å². The zero-order valence-corrected chi connectivity index (χ0v) is 12.5. The summed E-state index contributed by atoms with van der Waals surface area (Å²) in [5, 5.41) is 2.51. The van der Waals surface area contributed by atoms with Crippen molar-refractivity contribution >= 4 is 22.7 Å². The van der Waals surface area contributed by atoms with E-state index in [1.165, 1.54) is 30.3 Å². The minimum Gasteiger partial charge on any atom is -0.484 e. The number of amides is 1. The number of oxazole rings is 1. The molecule has 3 rings (SSSR count). The first-order valence-electron chi connectivity index (χ1n) is 7.04. The van der Waals surface area contributed by atoms with Gasteiger partial charge in [0.05, 0.1) is 11.1 Å². The monoisotopic (exact) mass is 352 g/mol. The molecule has 2 aromatic carbocycles. The molecule has 1 amide bonds. The number of carbonyl (C=O) groups excluding carboxylic acids is 1. The summed E-state index contributed by atoms with van der Waals surface area (Å²) in [5.74, 6) is -1.26. The zero-order valence-electron chi connectivity index (χ0n) is 12.5. The van der Waals surface area contributed by atoms with Crippen LogP contribution in [0.2, 0.25) is 0 Å². The van der Waals surface area contributed by atoms with Crippen LogP contribution in [0.5, 0.6) is 5.75 Å². The molecular formula is C16H11F3N2O4. The Morgan fingerprint density at radius 1 is 1.20 bits per heavy atom. The summed E-state index contributed by atoms with van der Waals surface area (Å²) in [7, 11) is 0. The molecule has 0 saturated carbocycles. The van der Waals surface area contributed by atoms with Crippen LogP contribution in [0.1, 0.15) is 5.56 Å². The standard InChI is InChI=1S/C16H11F3N2O4/c17-16(18,19)9-2-1-3-11(6-9)24-8-14(22)20-10-4-5-13-12(7-10)21-15(23)25-13/h1-7H,8H2,(H,20,22)(H,21,23). The molecule has 0 bridgehead atoms. The fourth-order valence-corrected chi connectivity index (χ4v) is 2.14. The van der Waals surface area contributed by atoms with Gasteiger partial charge < -0.3 is 14.5 Å². The van der Waals surface area contributed by atoms with Crippen LogP contribution in [0.15, 0.2) is 51.7 Å². The summed E-state index contributed by atoms with van der Waals surface area (Å²) in [6.07, 6.45) is -4.49. The molecule has 0 unspecified atom stereocenters. The lowest BCUT2D eigenvalue weighted by Crippen LogP contribution is -2.20. The van der Waals surface area contributed by atoms with Crippen LogP contribution in [-0.2, 0) is 11.0 Å². The van der Waals surface area contributed by atoms with E-state index in [-0.39, 0.29) is 5.75 Å². The topological polar surface area (TPSA) is 84.3 Å². The lowest BCUT2D eigenvalue weighted by atomic mass is 10.2. The summed E-state index contributed by atoms with van der Waals surface area (Å²) in [4.78, 5) is 25.4. The van der Waals surface area contributed by atoms with Crippen molar-refractivity contribution in [3.05, 3.63) is 58.6 Å². The average Bonchev–Trinajstić information content (AvgIpc) is 2.92. The maximum atomic E-state index is 12.6. The molecule has 0 aliphatic heterocycles. The molecule has 1 heterocycles. The average molecular weight is 352 g/mol. The quantitative estimate of drug-likeness (QED) is 0.755. The van der Waals surface area contributed by atoms with Gasteiger partial charge in [-0.05, 0) is 36.4 Å². The Labute approximate surface area is 138 Å². The minimum absolute atomic E-state index is 0.0698. The molecule has 2 N–H and O–H groups in total. The van der Waals surface area contributed by atoms with E-state index < -0.39 is 30.0 Å². The number of aromatic nitrogens is 1. The molecule has 0 saturated heterocycles. The second-order valence-electron chi connectivity index (χ2n) is 5.09. The molecule has 0 aliphatic carbocycles. The molecule has 0 fully saturated rings. The second kappa shape index (κ2) is 6.34. The van der Waals surface area contributed by atoms with E-state index in [0.29, 0.717) is 16.8 Å². The van der Waals surface area contributed by atoms with Gasteiger partial charge in [-0.1, -0.05) is 6.07 Å². The Morgan fingerprint density at radius 2 is 2.00 bits per heavy atom. The fourth-order valence-electron chi connectivity index (χ4n) is 2.14. The third-order valence-corrected chi connectivity index (χ3v) is 3.23. The van der Waals surface area contributed by atoms with Gasteiger partial charge in [0.15, 0.2) is 12.2 Å². The number of rotatable bonds is 4. The molecule has 0 atom stereocenters. The van der Waals surface area contributed by atoms with Crippen molar-refractivity contribution in [3.63, 3.8) is 0 Å². The first kappa shape index (κ1) is 16.6. The highest BCUT2D eigenvalue weighted by Gasteiger charge is 2.30. The molecule has 25 heavy (non-hydrogen) atoms. The van der Waals surface area contributed by atoms with Crippen molar-refractivity contribution in [2.75, 3.05) is 11.9 Å². The van der Waals surface area contributed by atoms with E-state index >= 15 is 0 Å². The predicted molar refractivity (Wildman–Crippen MR) is 82.4 cm³/mol. The summed E-state index contributed by atoms with van der Waals surface area (Å²) < 4.78 is 47.8. The Balaban J connectivity index is 1.63. The number of nitrogens with one attached hydrogen (secondary N) is 2. The van der Waals surface area contributed by atoms with Crippen LogP contribution >= 0.6 is 0 Å². The van der Waals surface area contributed by atoms with E-state index in [1.54, 1.807) is 0 Å². The highest BCUT2D eigenvalue weighted by molar-refractivity contribution is 5.93. The number of carbonyl (C=O) groups is 1. The number of fused-ring (bicyclic) bond motifs is 1. The molecule has 130 valence electrons. The highest BCUT2D eigenvalue weighted by Crippen LogP contribution is 2.31. The SMILES string of the molecule is O=C(COc1cccc(C(F)(F)F)c1)Nc1ccc2oc(=O)[nH]c2c1. The lowest BCUT2D eigenvalue weighted by Gasteiger charge is -2.10. The maximum Gasteiger partial charge on any atom is 0.417 e. The number of ether oxygens (including phenoxy) is 1. The third kappa shape index (κ3) is 4.00. The van der Waals surface area contributed by atoms with Crippen molar-refractivity contribution in [2.45, 2.75) is 6.18 Å². The van der Waals surface area contributed by atoms with E-state index in [0.717, 1.165) is 12.1 Å². The predicted octanol–water partition coefficient (Wildman–Crippen LogP) is 3.16. The van der Waals surface area contributed by atoms with Crippen LogP contribution in [0.25, 0.3) is 11.1 Å². The zero-order chi connectivity index (χ0) is 18.0. The highest BCUT2D eigenvalue weighted by atomic mass is 19.4. The fraction of sp³-hybridized carbons (Fsp3) is 0.125. The van der Waals surface area contributed by atoms with Gasteiger partial charge in [-0.3, -0.25) is 9.78 Å². The normalized spacial score (nSPS) is 11.5. The lowest BCUT2D eigenvalue weighted by molar-refractivity contribution is -0.137. The van der Waals surface area contributed by atoms with Gasteiger partial charge in [-0.2, -0.15) is 13.2 Å². The minimum atomic E-state index is -4.49. The van der Waals surface area contributed by atoms with Crippen LogP contribution in [0, 0.1) is 0 Å². The van der Waals surface area contributed by atoms with Crippen molar-refractivity contribution in [1.82, 2.24) is 4.98 Å². The van der Waals surface area contributed by atoms with Crippen molar-refractivity contribution < 1.29 is 27.1 Å². The number of benzene rings is 2. The molecule has 0 aliphatic rings. The van der Waals surface area contributed by atoms with Crippen LogP contribution < -0.4 is 15.8 Å². The van der Waals surface area contributed by atoms with E-state index in [4.69, 9.17) is 9.15 Å². The van der Waals surface area contributed by atoms with Crippen molar-refractivity contribution in [2.24, 2.45) is 0 Å². The summed E-state index contributed by atoms with van der Waals surface area (Å²) in [6, 6.07) is 8.74. The smallest absolute Gasteiger partial charge is 0.417 e. The number of hydrogen-bond acceptors (Lipinski definition) is 4. The van der Waals surface area contributed by atoms with Crippen LogP contribution in [0.4, 0.5) is 18.9 Å². The molecule has 0 spiro atoms.